The van der Waals surface area contributed by atoms with Gasteiger partial charge in [0, 0.05) is 17.9 Å². The number of ketones is 2. The average Bonchev–Trinajstić information content (AvgIpc) is 2.77. The van der Waals surface area contributed by atoms with Crippen LogP contribution in [0.25, 0.3) is 0 Å². The maximum Gasteiger partial charge on any atom is 0.203 e. The van der Waals surface area contributed by atoms with Gasteiger partial charge < -0.3 is 5.32 Å². The number of hydrogen-bond donors (Lipinski definition) is 1. The minimum Gasteiger partial charge on any atom is -0.314 e. The van der Waals surface area contributed by atoms with Crippen molar-refractivity contribution < 1.29 is 9.59 Å². The lowest BCUT2D eigenvalue weighted by Crippen LogP contribution is -2.32. The van der Waals surface area contributed by atoms with E-state index in [2.05, 4.69) is 5.32 Å². The van der Waals surface area contributed by atoms with Gasteiger partial charge in [-0.05, 0) is 32.2 Å². The quantitative estimate of drug-likeness (QED) is 0.704. The van der Waals surface area contributed by atoms with E-state index >= 15 is 0 Å². The number of rotatable bonds is 6. The molecule has 0 aromatic heterocycles. The van der Waals surface area contributed by atoms with E-state index in [4.69, 9.17) is 0 Å². The van der Waals surface area contributed by atoms with Crippen molar-refractivity contribution in [3.8, 4) is 0 Å². The van der Waals surface area contributed by atoms with E-state index in [9.17, 15) is 9.59 Å². The molecule has 1 N–H and O–H groups in total. The average molecular weight is 225 g/mol. The summed E-state index contributed by atoms with van der Waals surface area (Å²) in [4.78, 5) is 23.6. The zero-order chi connectivity index (χ0) is 12.2. The first kappa shape index (κ1) is 13.4. The van der Waals surface area contributed by atoms with Crippen molar-refractivity contribution in [2.24, 2.45) is 5.41 Å². The van der Waals surface area contributed by atoms with Crippen molar-refractivity contribution in [3.63, 3.8) is 0 Å². The molecular weight excluding hydrogens is 202 g/mol. The zero-order valence-corrected chi connectivity index (χ0v) is 10.6. The molecule has 0 aromatic rings. The highest BCUT2D eigenvalue weighted by Gasteiger charge is 2.31. The van der Waals surface area contributed by atoms with Crippen LogP contribution in [0.2, 0.25) is 0 Å². The van der Waals surface area contributed by atoms with E-state index in [0.717, 1.165) is 25.8 Å². The Balaban J connectivity index is 2.37. The molecule has 16 heavy (non-hydrogen) atoms. The Kier molecular flexibility index (Phi) is 4.66. The number of hydrogen-bond acceptors (Lipinski definition) is 3. The van der Waals surface area contributed by atoms with E-state index in [1.807, 2.05) is 20.8 Å². The van der Waals surface area contributed by atoms with Crippen molar-refractivity contribution in [3.05, 3.63) is 0 Å². The van der Waals surface area contributed by atoms with Crippen LogP contribution in [-0.2, 0) is 9.59 Å². The second-order valence-corrected chi connectivity index (χ2v) is 5.32. The van der Waals surface area contributed by atoms with Gasteiger partial charge in [0.2, 0.25) is 5.78 Å². The molecule has 1 aliphatic rings. The highest BCUT2D eigenvalue weighted by molar-refractivity contribution is 6.38. The lowest BCUT2D eigenvalue weighted by molar-refractivity contribution is -0.142. The first-order valence-corrected chi connectivity index (χ1v) is 6.28. The van der Waals surface area contributed by atoms with Gasteiger partial charge in [0.1, 0.15) is 0 Å². The summed E-state index contributed by atoms with van der Waals surface area (Å²) >= 11 is 0. The first-order chi connectivity index (χ1) is 7.47. The monoisotopic (exact) mass is 225 g/mol. The third kappa shape index (κ3) is 3.41. The van der Waals surface area contributed by atoms with Gasteiger partial charge in [0.25, 0.3) is 0 Å². The topological polar surface area (TPSA) is 46.2 Å². The van der Waals surface area contributed by atoms with Gasteiger partial charge in [0.15, 0.2) is 5.78 Å². The van der Waals surface area contributed by atoms with Gasteiger partial charge in [-0.3, -0.25) is 9.59 Å². The first-order valence-electron chi connectivity index (χ1n) is 6.28. The summed E-state index contributed by atoms with van der Waals surface area (Å²) in [5, 5.41) is 3.34. The van der Waals surface area contributed by atoms with Gasteiger partial charge in [-0.15, -0.1) is 0 Å². The molecule has 92 valence electrons. The second kappa shape index (κ2) is 5.58. The predicted molar refractivity (Wildman–Crippen MR) is 64.3 cm³/mol. The van der Waals surface area contributed by atoms with Crippen LogP contribution < -0.4 is 5.32 Å². The molecule has 1 unspecified atom stereocenters. The van der Waals surface area contributed by atoms with Crippen LogP contribution in [0.4, 0.5) is 0 Å². The van der Waals surface area contributed by atoms with Gasteiger partial charge >= 0.3 is 0 Å². The van der Waals surface area contributed by atoms with E-state index in [0.29, 0.717) is 12.5 Å². The summed E-state index contributed by atoms with van der Waals surface area (Å²) < 4.78 is 0. The summed E-state index contributed by atoms with van der Waals surface area (Å²) in [6.45, 7) is 6.69. The van der Waals surface area contributed by atoms with Crippen LogP contribution >= 0.6 is 0 Å². The highest BCUT2D eigenvalue weighted by Crippen LogP contribution is 2.22. The molecule has 1 heterocycles. The highest BCUT2D eigenvalue weighted by atomic mass is 16.2. The Morgan fingerprint density at radius 2 is 2.06 bits per heavy atom. The molecule has 1 aliphatic heterocycles. The van der Waals surface area contributed by atoms with E-state index < -0.39 is 5.41 Å². The molecule has 1 rings (SSSR count). The molecule has 0 aromatic carbocycles. The normalized spacial score (nSPS) is 21.1. The van der Waals surface area contributed by atoms with Crippen molar-refractivity contribution in [2.45, 2.75) is 58.9 Å². The minimum absolute atomic E-state index is 0.194. The lowest BCUT2D eigenvalue weighted by atomic mass is 9.82. The molecule has 0 amide bonds. The second-order valence-electron chi connectivity index (χ2n) is 5.32. The summed E-state index contributed by atoms with van der Waals surface area (Å²) in [5.41, 5.74) is -0.486. The number of carbonyl (C=O) groups excluding carboxylic acids is 2. The summed E-state index contributed by atoms with van der Waals surface area (Å²) in [6.07, 6.45) is 4.26. The molecule has 0 saturated carbocycles. The van der Waals surface area contributed by atoms with Gasteiger partial charge in [-0.25, -0.2) is 0 Å². The van der Waals surface area contributed by atoms with Gasteiger partial charge in [-0.2, -0.15) is 0 Å². The van der Waals surface area contributed by atoms with E-state index in [1.54, 1.807) is 0 Å². The van der Waals surface area contributed by atoms with Crippen molar-refractivity contribution >= 4 is 11.6 Å². The summed E-state index contributed by atoms with van der Waals surface area (Å²) in [7, 11) is 0. The van der Waals surface area contributed by atoms with Gasteiger partial charge in [-0.1, -0.05) is 20.8 Å². The van der Waals surface area contributed by atoms with Crippen LogP contribution in [0.15, 0.2) is 0 Å². The standard InChI is InChI=1S/C13H23NO2/c1-4-13(2,3)12(16)11(15)8-7-10-6-5-9-14-10/h10,14H,4-9H2,1-3H3. The fraction of sp³-hybridized carbons (Fsp3) is 0.846. The Labute approximate surface area is 98.0 Å². The molecule has 1 fully saturated rings. The fourth-order valence-corrected chi connectivity index (χ4v) is 1.96. The Morgan fingerprint density at radius 3 is 2.56 bits per heavy atom. The van der Waals surface area contributed by atoms with Crippen molar-refractivity contribution in [2.75, 3.05) is 6.54 Å². The third-order valence-electron chi connectivity index (χ3n) is 3.63. The Morgan fingerprint density at radius 1 is 1.38 bits per heavy atom. The number of carbonyl (C=O) groups is 2. The SMILES string of the molecule is CCC(C)(C)C(=O)C(=O)CCC1CCCN1. The van der Waals surface area contributed by atoms with Crippen LogP contribution in [0.5, 0.6) is 0 Å². The Bertz CT molecular complexity index is 265. The van der Waals surface area contributed by atoms with Crippen molar-refractivity contribution in [1.82, 2.24) is 5.32 Å². The molecule has 3 heteroatoms. The van der Waals surface area contributed by atoms with Crippen LogP contribution in [-0.4, -0.2) is 24.2 Å². The summed E-state index contributed by atoms with van der Waals surface area (Å²) in [5.74, 6) is -0.395. The maximum absolute atomic E-state index is 11.8. The largest absolute Gasteiger partial charge is 0.314 e. The molecule has 0 bridgehead atoms. The molecule has 1 saturated heterocycles. The molecule has 0 radical (unpaired) electrons. The Hall–Kier alpha value is -0.700. The number of nitrogens with one attached hydrogen (secondary N) is 1. The summed E-state index contributed by atoms with van der Waals surface area (Å²) in [6, 6.07) is 0.446. The number of Topliss-reactive ketones (excluding diaryl/α,β-unsaturated/α-hetero) is 2. The van der Waals surface area contributed by atoms with Gasteiger partial charge in [0.05, 0.1) is 0 Å². The lowest BCUT2D eigenvalue weighted by Gasteiger charge is -2.20. The third-order valence-corrected chi connectivity index (χ3v) is 3.63. The minimum atomic E-state index is -0.486. The molecule has 0 spiro atoms. The predicted octanol–water partition coefficient (Wildman–Crippen LogP) is 2.09. The molecule has 1 atom stereocenters. The fourth-order valence-electron chi connectivity index (χ4n) is 1.96. The molecular formula is C13H23NO2. The van der Waals surface area contributed by atoms with Crippen molar-refractivity contribution in [1.29, 1.82) is 0 Å². The van der Waals surface area contributed by atoms with Crippen LogP contribution in [0.3, 0.4) is 0 Å². The zero-order valence-electron chi connectivity index (χ0n) is 10.6. The van der Waals surface area contributed by atoms with E-state index in [1.165, 1.54) is 6.42 Å². The maximum atomic E-state index is 11.8. The van der Waals surface area contributed by atoms with E-state index in [-0.39, 0.29) is 11.6 Å². The van der Waals surface area contributed by atoms with Crippen LogP contribution in [0, 0.1) is 5.41 Å². The smallest absolute Gasteiger partial charge is 0.203 e. The van der Waals surface area contributed by atoms with Crippen LogP contribution in [0.1, 0.15) is 52.9 Å². The molecule has 0 aliphatic carbocycles. The molecule has 3 nitrogen and oxygen atoms in total.